The van der Waals surface area contributed by atoms with Gasteiger partial charge in [-0.15, -0.1) is 10.2 Å². The van der Waals surface area contributed by atoms with Crippen molar-refractivity contribution in [2.75, 3.05) is 7.11 Å². The van der Waals surface area contributed by atoms with Crippen LogP contribution >= 0.6 is 0 Å². The van der Waals surface area contributed by atoms with Crippen molar-refractivity contribution >= 4 is 11.7 Å². The second-order valence-electron chi connectivity index (χ2n) is 5.01. The number of aliphatic hydroxyl groups excluding tert-OH is 1. The van der Waals surface area contributed by atoms with Crippen molar-refractivity contribution in [3.05, 3.63) is 60.1 Å². The Morgan fingerprint density at radius 1 is 1.32 bits per heavy atom. The maximum absolute atomic E-state index is 11.9. The lowest BCUT2D eigenvalue weighted by molar-refractivity contribution is -0.129. The largest absolute Gasteiger partial charge is 0.504 e. The van der Waals surface area contributed by atoms with Crippen LogP contribution < -0.4 is 9.47 Å². The van der Waals surface area contributed by atoms with E-state index in [1.807, 2.05) is 24.3 Å². The van der Waals surface area contributed by atoms with Crippen LogP contribution in [0.1, 0.15) is 11.4 Å². The van der Waals surface area contributed by atoms with E-state index in [0.717, 1.165) is 17.4 Å². The molecule has 0 spiro atoms. The van der Waals surface area contributed by atoms with Crippen LogP contribution in [0.15, 0.2) is 48.7 Å². The molecule has 128 valence electrons. The van der Waals surface area contributed by atoms with Crippen molar-refractivity contribution in [3.8, 4) is 11.6 Å². The van der Waals surface area contributed by atoms with Crippen LogP contribution in [0, 0.1) is 0 Å². The van der Waals surface area contributed by atoms with Crippen molar-refractivity contribution < 1.29 is 19.4 Å². The number of ether oxygens (including phenoxy) is 2. The van der Waals surface area contributed by atoms with Crippen molar-refractivity contribution in [2.24, 2.45) is 0 Å². The molecule has 2 aromatic heterocycles. The monoisotopic (exact) mass is 341 g/mol. The van der Waals surface area contributed by atoms with E-state index in [9.17, 15) is 9.90 Å². The third-order valence-electron chi connectivity index (χ3n) is 3.33. The van der Waals surface area contributed by atoms with Crippen LogP contribution in [0.4, 0.5) is 0 Å². The van der Waals surface area contributed by atoms with Crippen molar-refractivity contribution in [2.45, 2.75) is 6.54 Å². The summed E-state index contributed by atoms with van der Waals surface area (Å²) in [5.41, 5.74) is 1.01. The van der Waals surface area contributed by atoms with Gasteiger partial charge in [0, 0.05) is 12.3 Å². The summed E-state index contributed by atoms with van der Waals surface area (Å²) in [4.78, 5) is 11.9. The molecule has 25 heavy (non-hydrogen) atoms. The minimum atomic E-state index is -0.753. The van der Waals surface area contributed by atoms with E-state index in [1.54, 1.807) is 30.0 Å². The lowest BCUT2D eigenvalue weighted by atomic mass is 10.2. The Kier molecular flexibility index (Phi) is 4.74. The zero-order valence-corrected chi connectivity index (χ0v) is 13.3. The third-order valence-corrected chi connectivity index (χ3v) is 3.33. The number of H-pyrrole nitrogens is 1. The molecular formula is C16H15N5O4. The number of aliphatic hydroxyl groups is 1. The fraction of sp³-hybridized carbons (Fsp3) is 0.125. The molecule has 0 radical (unpaired) electrons. The van der Waals surface area contributed by atoms with Gasteiger partial charge in [0.25, 0.3) is 0 Å². The Morgan fingerprint density at radius 2 is 2.12 bits per heavy atom. The van der Waals surface area contributed by atoms with Crippen LogP contribution in [-0.2, 0) is 11.3 Å². The topological polar surface area (TPSA) is 115 Å². The van der Waals surface area contributed by atoms with Crippen LogP contribution in [0.5, 0.6) is 11.6 Å². The Morgan fingerprint density at radius 3 is 2.80 bits per heavy atom. The second kappa shape index (κ2) is 7.30. The van der Waals surface area contributed by atoms with Gasteiger partial charge in [-0.25, -0.2) is 4.79 Å². The molecular weight excluding hydrogens is 326 g/mol. The maximum atomic E-state index is 11.9. The van der Waals surface area contributed by atoms with E-state index < -0.39 is 11.7 Å². The molecule has 1 aromatic carbocycles. The zero-order valence-electron chi connectivity index (χ0n) is 13.3. The molecule has 0 amide bonds. The summed E-state index contributed by atoms with van der Waals surface area (Å²) in [7, 11) is 1.61. The number of hydrogen-bond donors (Lipinski definition) is 2. The number of aromatic amines is 1. The van der Waals surface area contributed by atoms with Gasteiger partial charge < -0.3 is 19.1 Å². The fourth-order valence-electron chi connectivity index (χ4n) is 2.13. The summed E-state index contributed by atoms with van der Waals surface area (Å²) in [5, 5.41) is 22.3. The highest BCUT2D eigenvalue weighted by Gasteiger charge is 2.11. The van der Waals surface area contributed by atoms with Gasteiger partial charge in [-0.2, -0.15) is 5.21 Å². The number of tetrazole rings is 1. The third kappa shape index (κ3) is 4.02. The van der Waals surface area contributed by atoms with Gasteiger partial charge in [-0.3, -0.25) is 0 Å². The van der Waals surface area contributed by atoms with E-state index in [1.165, 1.54) is 0 Å². The van der Waals surface area contributed by atoms with E-state index in [-0.39, 0.29) is 5.82 Å². The normalized spacial score (nSPS) is 11.3. The molecule has 0 unspecified atom stereocenters. The number of methoxy groups -OCH3 is 1. The van der Waals surface area contributed by atoms with Crippen LogP contribution in [-0.4, -0.2) is 43.4 Å². The molecule has 0 fully saturated rings. The minimum absolute atomic E-state index is 0.0921. The van der Waals surface area contributed by atoms with Crippen LogP contribution in [0.3, 0.4) is 0 Å². The van der Waals surface area contributed by atoms with E-state index >= 15 is 0 Å². The first-order valence-electron chi connectivity index (χ1n) is 7.30. The molecule has 9 nitrogen and oxygen atoms in total. The highest BCUT2D eigenvalue weighted by atomic mass is 16.5. The average Bonchev–Trinajstić information content (AvgIpc) is 3.28. The summed E-state index contributed by atoms with van der Waals surface area (Å²) in [6.45, 7) is 0.514. The number of hydrogen-bond acceptors (Lipinski definition) is 7. The molecule has 0 aliphatic rings. The molecule has 2 heterocycles. The van der Waals surface area contributed by atoms with Crippen molar-refractivity contribution in [3.63, 3.8) is 0 Å². The number of nitrogens with zero attached hydrogens (tertiary/aromatic N) is 4. The minimum Gasteiger partial charge on any atom is -0.504 e. The highest BCUT2D eigenvalue weighted by Crippen LogP contribution is 2.18. The Bertz CT molecular complexity index is 868. The van der Waals surface area contributed by atoms with E-state index in [4.69, 9.17) is 9.47 Å². The SMILES string of the molecule is COc1ccc(Cn2cccc2OC(=O)C=C(O)c2nn[nH]n2)cc1. The molecule has 0 saturated carbocycles. The van der Waals surface area contributed by atoms with Gasteiger partial charge in [0.05, 0.1) is 19.7 Å². The summed E-state index contributed by atoms with van der Waals surface area (Å²) < 4.78 is 12.1. The smallest absolute Gasteiger partial charge is 0.341 e. The molecule has 3 rings (SSSR count). The first-order chi connectivity index (χ1) is 12.2. The van der Waals surface area contributed by atoms with E-state index in [0.29, 0.717) is 12.4 Å². The first kappa shape index (κ1) is 16.2. The lowest BCUT2D eigenvalue weighted by Crippen LogP contribution is -2.10. The summed E-state index contributed by atoms with van der Waals surface area (Å²) in [6, 6.07) is 11.0. The highest BCUT2D eigenvalue weighted by molar-refractivity contribution is 5.89. The number of carbonyl (C=O) groups excluding carboxylic acids is 1. The van der Waals surface area contributed by atoms with Gasteiger partial charge in [0.1, 0.15) is 5.75 Å². The molecule has 3 aromatic rings. The quantitative estimate of drug-likeness (QED) is 0.397. The van der Waals surface area contributed by atoms with Gasteiger partial charge in [0.2, 0.25) is 11.7 Å². The average molecular weight is 341 g/mol. The number of esters is 1. The maximum Gasteiger partial charge on any atom is 0.341 e. The summed E-state index contributed by atoms with van der Waals surface area (Å²) in [6.07, 6.45) is 2.67. The lowest BCUT2D eigenvalue weighted by Gasteiger charge is -2.09. The van der Waals surface area contributed by atoms with E-state index in [2.05, 4.69) is 20.6 Å². The molecule has 2 N–H and O–H groups in total. The number of benzene rings is 1. The van der Waals surface area contributed by atoms with Crippen molar-refractivity contribution in [1.29, 1.82) is 0 Å². The summed E-state index contributed by atoms with van der Waals surface area (Å²) in [5.74, 6) is -0.169. The molecule has 0 atom stereocenters. The molecule has 0 aliphatic carbocycles. The number of rotatable bonds is 6. The second-order valence-corrected chi connectivity index (χ2v) is 5.01. The number of carbonyl (C=O) groups is 1. The first-order valence-corrected chi connectivity index (χ1v) is 7.30. The predicted molar refractivity (Wildman–Crippen MR) is 86.9 cm³/mol. The molecule has 0 bridgehead atoms. The van der Waals surface area contributed by atoms with Gasteiger partial charge >= 0.3 is 5.97 Å². The standard InChI is InChI=1S/C16H15N5O4/c1-24-12-6-4-11(5-7-12)10-21-8-2-3-14(21)25-15(23)9-13(22)16-17-19-20-18-16/h2-9,22H,10H2,1H3,(H,17,18,19,20). The molecule has 9 heteroatoms. The molecule has 0 saturated heterocycles. The van der Waals surface area contributed by atoms with Crippen molar-refractivity contribution in [1.82, 2.24) is 25.2 Å². The predicted octanol–water partition coefficient (Wildman–Crippen LogP) is 1.56. The van der Waals surface area contributed by atoms with Gasteiger partial charge in [-0.05, 0) is 29.0 Å². The Labute approximate surface area is 142 Å². The fourth-order valence-corrected chi connectivity index (χ4v) is 2.13. The Balaban J connectivity index is 1.68. The Hall–Kier alpha value is -3.62. The number of nitrogens with one attached hydrogen (secondary N) is 1. The molecule has 0 aliphatic heterocycles. The van der Waals surface area contributed by atoms with Gasteiger partial charge in [0.15, 0.2) is 5.76 Å². The zero-order chi connectivity index (χ0) is 17.6. The van der Waals surface area contributed by atoms with Crippen LogP contribution in [0.2, 0.25) is 0 Å². The van der Waals surface area contributed by atoms with Crippen LogP contribution in [0.25, 0.3) is 5.76 Å². The number of aromatic nitrogens is 5. The summed E-state index contributed by atoms with van der Waals surface area (Å²) >= 11 is 0. The van der Waals surface area contributed by atoms with Gasteiger partial charge in [-0.1, -0.05) is 12.1 Å².